The minimum absolute atomic E-state index is 0.360. The number of rotatable bonds is 8. The summed E-state index contributed by atoms with van der Waals surface area (Å²) in [6, 6.07) is 12.1. The van der Waals surface area contributed by atoms with Crippen LogP contribution in [0, 0.1) is 5.41 Å². The third kappa shape index (κ3) is 3.96. The number of ether oxygens (including phenoxy) is 3. The summed E-state index contributed by atoms with van der Waals surface area (Å²) in [5, 5.41) is 12.7. The molecule has 1 amide bonds. The number of pyridine rings is 1. The molecule has 1 saturated carbocycles. The maximum absolute atomic E-state index is 12.2. The molecule has 2 aromatic carbocycles. The summed E-state index contributed by atoms with van der Waals surface area (Å²) in [4.78, 5) is 27.9. The number of hydrogen-bond acceptors (Lipinski definition) is 6. The van der Waals surface area contributed by atoms with E-state index in [2.05, 4.69) is 10.3 Å². The van der Waals surface area contributed by atoms with Crippen molar-refractivity contribution >= 4 is 28.5 Å². The van der Waals surface area contributed by atoms with E-state index in [1.807, 2.05) is 13.0 Å². The summed E-state index contributed by atoms with van der Waals surface area (Å²) < 4.78 is 17.1. The number of hydrogen-bond donors (Lipinski definition) is 2. The van der Waals surface area contributed by atoms with Crippen molar-refractivity contribution in [3.63, 3.8) is 0 Å². The largest absolute Gasteiger partial charge is 0.493 e. The third-order valence-electron chi connectivity index (χ3n) is 5.22. The predicted octanol–water partition coefficient (Wildman–Crippen LogP) is 4.24. The number of fused-ring (bicyclic) bond motifs is 1. The van der Waals surface area contributed by atoms with E-state index in [-0.39, 0.29) is 0 Å². The minimum atomic E-state index is -1.29. The van der Waals surface area contributed by atoms with Crippen LogP contribution in [0.4, 0.5) is 5.69 Å². The fraction of sp³-hybridized carbons (Fsp3) is 0.261. The van der Waals surface area contributed by atoms with Crippen LogP contribution < -0.4 is 19.5 Å². The number of nitrogens with zero attached hydrogens (tertiary/aromatic N) is 1. The van der Waals surface area contributed by atoms with E-state index < -0.39 is 17.3 Å². The Labute approximate surface area is 178 Å². The van der Waals surface area contributed by atoms with Crippen molar-refractivity contribution in [2.24, 2.45) is 5.41 Å². The van der Waals surface area contributed by atoms with E-state index in [1.54, 1.807) is 49.7 Å². The number of aromatic nitrogens is 1. The maximum atomic E-state index is 12.2. The zero-order chi connectivity index (χ0) is 22.0. The molecule has 4 rings (SSSR count). The van der Waals surface area contributed by atoms with Gasteiger partial charge in [0, 0.05) is 23.3 Å². The quantitative estimate of drug-likeness (QED) is 0.523. The Bertz CT molecular complexity index is 1140. The summed E-state index contributed by atoms with van der Waals surface area (Å²) in [6.45, 7) is 2.41. The molecule has 1 aliphatic carbocycles. The fourth-order valence-corrected chi connectivity index (χ4v) is 3.29. The van der Waals surface area contributed by atoms with Crippen molar-refractivity contribution in [2.75, 3.05) is 19.0 Å². The monoisotopic (exact) mass is 422 g/mol. The normalized spacial score (nSPS) is 14.0. The number of carboxylic acid groups (broad SMARTS) is 1. The Morgan fingerprint density at radius 1 is 1.10 bits per heavy atom. The lowest BCUT2D eigenvalue weighted by atomic mass is 10.1. The van der Waals surface area contributed by atoms with Crippen LogP contribution >= 0.6 is 0 Å². The lowest BCUT2D eigenvalue weighted by Crippen LogP contribution is -2.31. The molecule has 1 heterocycles. The van der Waals surface area contributed by atoms with Crippen molar-refractivity contribution in [1.29, 1.82) is 0 Å². The van der Waals surface area contributed by atoms with Gasteiger partial charge in [0.25, 0.3) is 0 Å². The fourth-order valence-electron chi connectivity index (χ4n) is 3.29. The van der Waals surface area contributed by atoms with Gasteiger partial charge >= 0.3 is 5.97 Å². The molecule has 2 N–H and O–H groups in total. The second-order valence-electron chi connectivity index (χ2n) is 7.23. The Balaban J connectivity index is 1.54. The molecule has 31 heavy (non-hydrogen) atoms. The first-order valence-corrected chi connectivity index (χ1v) is 9.89. The number of benzene rings is 2. The highest BCUT2D eigenvalue weighted by Gasteiger charge is 2.57. The molecule has 0 radical (unpaired) electrons. The molecule has 1 aliphatic rings. The highest BCUT2D eigenvalue weighted by Crippen LogP contribution is 2.46. The van der Waals surface area contributed by atoms with Gasteiger partial charge in [-0.3, -0.25) is 14.6 Å². The van der Waals surface area contributed by atoms with Gasteiger partial charge in [-0.2, -0.15) is 0 Å². The van der Waals surface area contributed by atoms with E-state index in [0.29, 0.717) is 53.7 Å². The van der Waals surface area contributed by atoms with E-state index >= 15 is 0 Å². The molecular weight excluding hydrogens is 400 g/mol. The summed E-state index contributed by atoms with van der Waals surface area (Å²) >= 11 is 0. The first kappa shape index (κ1) is 20.5. The van der Waals surface area contributed by atoms with Crippen LogP contribution in [-0.2, 0) is 9.59 Å². The van der Waals surface area contributed by atoms with Gasteiger partial charge in [-0.05, 0) is 56.2 Å². The van der Waals surface area contributed by atoms with Gasteiger partial charge in [0.1, 0.15) is 16.9 Å². The average molecular weight is 422 g/mol. The lowest BCUT2D eigenvalue weighted by molar-refractivity contribution is -0.147. The number of nitrogens with one attached hydrogen (secondary N) is 1. The number of carbonyl (C=O) groups excluding carboxylic acids is 1. The summed E-state index contributed by atoms with van der Waals surface area (Å²) in [7, 11) is 1.57. The lowest BCUT2D eigenvalue weighted by Gasteiger charge is -2.14. The van der Waals surface area contributed by atoms with Crippen LogP contribution in [0.1, 0.15) is 19.8 Å². The number of aliphatic carboxylic acids is 1. The van der Waals surface area contributed by atoms with Crippen LogP contribution in [0.15, 0.2) is 48.7 Å². The molecule has 0 bridgehead atoms. The van der Waals surface area contributed by atoms with Crippen LogP contribution in [0.2, 0.25) is 0 Å². The molecule has 0 saturated heterocycles. The zero-order valence-electron chi connectivity index (χ0n) is 17.2. The van der Waals surface area contributed by atoms with Crippen LogP contribution in [0.3, 0.4) is 0 Å². The Morgan fingerprint density at radius 2 is 1.84 bits per heavy atom. The standard InChI is InChI=1S/C23H22N2O6/c1-3-30-20-13-17-16(12-19(20)29-2)18(8-11-24-17)31-15-6-4-14(5-7-15)25-21(26)23(9-10-23)22(27)28/h4-8,11-13H,3,9-10H2,1-2H3,(H,25,26)(H,27,28). The first-order valence-electron chi connectivity index (χ1n) is 9.89. The van der Waals surface area contributed by atoms with Crippen molar-refractivity contribution in [3.8, 4) is 23.0 Å². The molecule has 0 aliphatic heterocycles. The number of amides is 1. The molecule has 8 nitrogen and oxygen atoms in total. The average Bonchev–Trinajstić information content (AvgIpc) is 3.57. The van der Waals surface area contributed by atoms with Crippen LogP contribution in [-0.4, -0.2) is 35.7 Å². The molecular formula is C23H22N2O6. The van der Waals surface area contributed by atoms with Crippen molar-refractivity contribution in [2.45, 2.75) is 19.8 Å². The van der Waals surface area contributed by atoms with Gasteiger partial charge in [0.2, 0.25) is 5.91 Å². The molecule has 0 spiro atoms. The van der Waals surface area contributed by atoms with E-state index in [1.165, 1.54) is 0 Å². The molecule has 1 aromatic heterocycles. The van der Waals surface area contributed by atoms with Gasteiger partial charge in [-0.1, -0.05) is 0 Å². The van der Waals surface area contributed by atoms with Crippen molar-refractivity contribution in [3.05, 3.63) is 48.7 Å². The molecule has 0 atom stereocenters. The van der Waals surface area contributed by atoms with Gasteiger partial charge in [-0.25, -0.2) is 0 Å². The van der Waals surface area contributed by atoms with Crippen LogP contribution in [0.5, 0.6) is 23.0 Å². The number of anilines is 1. The molecule has 0 unspecified atom stereocenters. The van der Waals surface area contributed by atoms with Gasteiger partial charge in [0.15, 0.2) is 11.5 Å². The highest BCUT2D eigenvalue weighted by atomic mass is 16.5. The SMILES string of the molecule is CCOc1cc2nccc(Oc3ccc(NC(=O)C4(C(=O)O)CC4)cc3)c2cc1OC. The predicted molar refractivity (Wildman–Crippen MR) is 114 cm³/mol. The van der Waals surface area contributed by atoms with E-state index in [9.17, 15) is 14.7 Å². The third-order valence-corrected chi connectivity index (χ3v) is 5.22. The minimum Gasteiger partial charge on any atom is -0.493 e. The Morgan fingerprint density at radius 3 is 2.45 bits per heavy atom. The second-order valence-corrected chi connectivity index (χ2v) is 7.23. The Hall–Kier alpha value is -3.81. The second kappa shape index (κ2) is 8.14. The Kier molecular flexibility index (Phi) is 5.37. The topological polar surface area (TPSA) is 107 Å². The van der Waals surface area contributed by atoms with Crippen molar-refractivity contribution < 1.29 is 28.9 Å². The van der Waals surface area contributed by atoms with Gasteiger partial charge in [-0.15, -0.1) is 0 Å². The van der Waals surface area contributed by atoms with Crippen molar-refractivity contribution in [1.82, 2.24) is 4.98 Å². The zero-order valence-corrected chi connectivity index (χ0v) is 17.2. The van der Waals surface area contributed by atoms with Gasteiger partial charge in [0.05, 0.1) is 19.2 Å². The molecule has 160 valence electrons. The van der Waals surface area contributed by atoms with E-state index in [4.69, 9.17) is 14.2 Å². The summed E-state index contributed by atoms with van der Waals surface area (Å²) in [6.07, 6.45) is 2.37. The molecule has 1 fully saturated rings. The number of carbonyl (C=O) groups is 2. The number of methoxy groups -OCH3 is 1. The van der Waals surface area contributed by atoms with Gasteiger partial charge < -0.3 is 24.6 Å². The highest BCUT2D eigenvalue weighted by molar-refractivity contribution is 6.10. The summed E-state index contributed by atoms with van der Waals surface area (Å²) in [5.41, 5.74) is -0.0774. The smallest absolute Gasteiger partial charge is 0.319 e. The van der Waals surface area contributed by atoms with Crippen LogP contribution in [0.25, 0.3) is 10.9 Å². The number of carboxylic acids is 1. The van der Waals surface area contributed by atoms with E-state index in [0.717, 1.165) is 5.39 Å². The maximum Gasteiger partial charge on any atom is 0.319 e. The molecule has 3 aromatic rings. The first-order chi connectivity index (χ1) is 15.0. The summed E-state index contributed by atoms with van der Waals surface area (Å²) in [5.74, 6) is 0.752. The molecule has 8 heteroatoms.